The van der Waals surface area contributed by atoms with Crippen LogP contribution >= 0.6 is 0 Å². The van der Waals surface area contributed by atoms with Gasteiger partial charge < -0.3 is 9.72 Å². The minimum Gasteiger partial charge on any atom is -0.377 e. The maximum Gasteiger partial charge on any atom is 0.133 e. The first kappa shape index (κ1) is 7.24. The molecule has 0 unspecified atom stereocenters. The Labute approximate surface area is 69.6 Å². The largest absolute Gasteiger partial charge is 0.377 e. The SMILES string of the molecule is COCc1nc2ccncc2[nH]1. The summed E-state index contributed by atoms with van der Waals surface area (Å²) in [6.45, 7) is 0.509. The monoisotopic (exact) mass is 163 g/mol. The van der Waals surface area contributed by atoms with Crippen molar-refractivity contribution < 1.29 is 4.74 Å². The minimum atomic E-state index is 0.509. The zero-order valence-electron chi connectivity index (χ0n) is 6.74. The van der Waals surface area contributed by atoms with E-state index in [0.29, 0.717) is 6.61 Å². The van der Waals surface area contributed by atoms with Gasteiger partial charge in [-0.05, 0) is 6.07 Å². The van der Waals surface area contributed by atoms with Crippen molar-refractivity contribution >= 4 is 11.0 Å². The van der Waals surface area contributed by atoms with E-state index in [-0.39, 0.29) is 0 Å². The Kier molecular flexibility index (Phi) is 1.75. The summed E-state index contributed by atoms with van der Waals surface area (Å²) in [5.74, 6) is 0.834. The van der Waals surface area contributed by atoms with E-state index in [2.05, 4.69) is 15.0 Å². The lowest BCUT2D eigenvalue weighted by Gasteiger charge is -1.89. The van der Waals surface area contributed by atoms with Gasteiger partial charge in [0.25, 0.3) is 0 Å². The molecule has 0 radical (unpaired) electrons. The third kappa shape index (κ3) is 1.16. The molecule has 1 N–H and O–H groups in total. The van der Waals surface area contributed by atoms with E-state index in [4.69, 9.17) is 4.74 Å². The fourth-order valence-corrected chi connectivity index (χ4v) is 1.11. The van der Waals surface area contributed by atoms with Crippen LogP contribution in [0.5, 0.6) is 0 Å². The number of ether oxygens (including phenoxy) is 1. The molecule has 2 heterocycles. The third-order valence-corrected chi connectivity index (χ3v) is 1.61. The van der Waals surface area contributed by atoms with Gasteiger partial charge in [-0.25, -0.2) is 4.98 Å². The second-order valence-electron chi connectivity index (χ2n) is 2.51. The molecule has 2 aromatic rings. The number of fused-ring (bicyclic) bond motifs is 1. The summed E-state index contributed by atoms with van der Waals surface area (Å²) < 4.78 is 4.94. The second kappa shape index (κ2) is 2.91. The highest BCUT2D eigenvalue weighted by molar-refractivity contribution is 5.73. The molecule has 0 aromatic carbocycles. The highest BCUT2D eigenvalue weighted by Gasteiger charge is 1.99. The molecule has 2 aromatic heterocycles. The summed E-state index contributed by atoms with van der Waals surface area (Å²) in [6.07, 6.45) is 3.47. The molecular formula is C8H9N3O. The summed E-state index contributed by atoms with van der Waals surface area (Å²) >= 11 is 0. The molecule has 0 saturated heterocycles. The average Bonchev–Trinajstić information content (AvgIpc) is 2.47. The van der Waals surface area contributed by atoms with Gasteiger partial charge in [0.2, 0.25) is 0 Å². The molecule has 0 amide bonds. The van der Waals surface area contributed by atoms with Crippen LogP contribution in [-0.4, -0.2) is 22.1 Å². The van der Waals surface area contributed by atoms with E-state index in [1.54, 1.807) is 19.5 Å². The Hall–Kier alpha value is -1.42. The van der Waals surface area contributed by atoms with Gasteiger partial charge in [0.1, 0.15) is 12.4 Å². The molecule has 0 aliphatic heterocycles. The smallest absolute Gasteiger partial charge is 0.133 e. The zero-order chi connectivity index (χ0) is 8.39. The van der Waals surface area contributed by atoms with Crippen LogP contribution in [0.15, 0.2) is 18.5 Å². The van der Waals surface area contributed by atoms with Gasteiger partial charge >= 0.3 is 0 Å². The van der Waals surface area contributed by atoms with Gasteiger partial charge in [-0.3, -0.25) is 4.98 Å². The van der Waals surface area contributed by atoms with E-state index in [9.17, 15) is 0 Å². The van der Waals surface area contributed by atoms with Gasteiger partial charge in [-0.1, -0.05) is 0 Å². The van der Waals surface area contributed by atoms with Crippen LogP contribution in [0.2, 0.25) is 0 Å². The molecule has 0 aliphatic rings. The maximum absolute atomic E-state index is 4.94. The Balaban J connectivity index is 2.47. The molecule has 0 spiro atoms. The Morgan fingerprint density at radius 1 is 1.58 bits per heavy atom. The molecule has 12 heavy (non-hydrogen) atoms. The number of aromatic nitrogens is 3. The minimum absolute atomic E-state index is 0.509. The van der Waals surface area contributed by atoms with E-state index in [1.807, 2.05) is 6.07 Å². The first-order valence-corrected chi connectivity index (χ1v) is 3.67. The summed E-state index contributed by atoms with van der Waals surface area (Å²) in [5.41, 5.74) is 1.88. The van der Waals surface area contributed by atoms with Crippen LogP contribution in [0, 0.1) is 0 Å². The van der Waals surface area contributed by atoms with E-state index < -0.39 is 0 Å². The number of hydrogen-bond donors (Lipinski definition) is 1. The Morgan fingerprint density at radius 2 is 2.50 bits per heavy atom. The van der Waals surface area contributed by atoms with E-state index in [0.717, 1.165) is 16.9 Å². The highest BCUT2D eigenvalue weighted by Crippen LogP contribution is 2.08. The predicted octanol–water partition coefficient (Wildman–Crippen LogP) is 1.10. The molecule has 4 nitrogen and oxygen atoms in total. The molecular weight excluding hydrogens is 154 g/mol. The Morgan fingerprint density at radius 3 is 3.25 bits per heavy atom. The fourth-order valence-electron chi connectivity index (χ4n) is 1.11. The van der Waals surface area contributed by atoms with Crippen LogP contribution in [0.4, 0.5) is 0 Å². The summed E-state index contributed by atoms with van der Waals surface area (Å²) in [4.78, 5) is 11.4. The molecule has 2 rings (SSSR count). The van der Waals surface area contributed by atoms with Gasteiger partial charge in [0.05, 0.1) is 17.2 Å². The van der Waals surface area contributed by atoms with Crippen LogP contribution in [0.1, 0.15) is 5.82 Å². The van der Waals surface area contributed by atoms with Crippen LogP contribution < -0.4 is 0 Å². The normalized spacial score (nSPS) is 10.8. The van der Waals surface area contributed by atoms with Gasteiger partial charge in [-0.2, -0.15) is 0 Å². The molecule has 4 heteroatoms. The van der Waals surface area contributed by atoms with Gasteiger partial charge in [0, 0.05) is 13.3 Å². The lowest BCUT2D eigenvalue weighted by molar-refractivity contribution is 0.179. The fraction of sp³-hybridized carbons (Fsp3) is 0.250. The lowest BCUT2D eigenvalue weighted by Crippen LogP contribution is -1.88. The molecule has 0 atom stereocenters. The van der Waals surface area contributed by atoms with E-state index >= 15 is 0 Å². The van der Waals surface area contributed by atoms with Crippen molar-refractivity contribution in [1.82, 2.24) is 15.0 Å². The highest BCUT2D eigenvalue weighted by atomic mass is 16.5. The third-order valence-electron chi connectivity index (χ3n) is 1.61. The summed E-state index contributed by atoms with van der Waals surface area (Å²) in [7, 11) is 1.64. The van der Waals surface area contributed by atoms with Crippen molar-refractivity contribution in [3.8, 4) is 0 Å². The first-order valence-electron chi connectivity index (χ1n) is 3.67. The van der Waals surface area contributed by atoms with Crippen LogP contribution in [-0.2, 0) is 11.3 Å². The number of nitrogens with one attached hydrogen (secondary N) is 1. The molecule has 0 saturated carbocycles. The number of aromatic amines is 1. The van der Waals surface area contributed by atoms with Crippen molar-refractivity contribution in [2.24, 2.45) is 0 Å². The number of H-pyrrole nitrogens is 1. The van der Waals surface area contributed by atoms with Crippen molar-refractivity contribution in [3.63, 3.8) is 0 Å². The standard InChI is InChI=1S/C8H9N3O/c1-12-5-8-10-6-2-3-9-4-7(6)11-8/h2-4H,5H2,1H3,(H,10,11). The number of rotatable bonds is 2. The van der Waals surface area contributed by atoms with Crippen LogP contribution in [0.3, 0.4) is 0 Å². The van der Waals surface area contributed by atoms with Gasteiger partial charge in [0.15, 0.2) is 0 Å². The maximum atomic E-state index is 4.94. The molecule has 0 aliphatic carbocycles. The predicted molar refractivity (Wildman–Crippen MR) is 44.6 cm³/mol. The zero-order valence-corrected chi connectivity index (χ0v) is 6.74. The van der Waals surface area contributed by atoms with Crippen molar-refractivity contribution in [2.75, 3.05) is 7.11 Å². The summed E-state index contributed by atoms with van der Waals surface area (Å²) in [5, 5.41) is 0. The number of methoxy groups -OCH3 is 1. The number of imidazole rings is 1. The molecule has 0 fully saturated rings. The molecule has 0 bridgehead atoms. The van der Waals surface area contributed by atoms with Crippen LogP contribution in [0.25, 0.3) is 11.0 Å². The molecule has 62 valence electrons. The topological polar surface area (TPSA) is 50.8 Å². The average molecular weight is 163 g/mol. The number of hydrogen-bond acceptors (Lipinski definition) is 3. The Bertz CT molecular complexity index is 349. The van der Waals surface area contributed by atoms with Crippen molar-refractivity contribution in [1.29, 1.82) is 0 Å². The lowest BCUT2D eigenvalue weighted by atomic mass is 10.4. The van der Waals surface area contributed by atoms with Gasteiger partial charge in [-0.15, -0.1) is 0 Å². The quantitative estimate of drug-likeness (QED) is 0.721. The summed E-state index contributed by atoms with van der Waals surface area (Å²) in [6, 6.07) is 1.87. The number of pyridine rings is 1. The first-order chi connectivity index (χ1) is 5.90. The van der Waals surface area contributed by atoms with Crippen molar-refractivity contribution in [2.45, 2.75) is 6.61 Å². The second-order valence-corrected chi connectivity index (χ2v) is 2.51. The van der Waals surface area contributed by atoms with Crippen molar-refractivity contribution in [3.05, 3.63) is 24.3 Å². The van der Waals surface area contributed by atoms with E-state index in [1.165, 1.54) is 0 Å². The number of nitrogens with zero attached hydrogens (tertiary/aromatic N) is 2.